The van der Waals surface area contributed by atoms with Crippen molar-refractivity contribution in [2.45, 2.75) is 51.3 Å². The third-order valence-corrected chi connectivity index (χ3v) is 10.9. The second-order valence-electron chi connectivity index (χ2n) is 13.8. The molecule has 10 nitrogen and oxygen atoms in total. The Morgan fingerprint density at radius 2 is 1.76 bits per heavy atom. The molecular weight excluding hydrogens is 758 g/mol. The summed E-state index contributed by atoms with van der Waals surface area (Å²) in [6.45, 7) is 2.51. The predicted octanol–water partition coefficient (Wildman–Crippen LogP) is 7.91. The number of carboxylic acids is 1. The smallest absolute Gasteiger partial charge is 0.496 e. The number of halogens is 5. The maximum Gasteiger partial charge on any atom is 0.573 e. The zero-order valence-electron chi connectivity index (χ0n) is 29.8. The molecule has 5 aromatic rings. The van der Waals surface area contributed by atoms with E-state index in [9.17, 15) is 27.9 Å². The van der Waals surface area contributed by atoms with Crippen molar-refractivity contribution < 1.29 is 37.3 Å². The van der Waals surface area contributed by atoms with E-state index in [1.807, 2.05) is 41.1 Å². The van der Waals surface area contributed by atoms with E-state index in [1.165, 1.54) is 6.07 Å². The topological polar surface area (TPSA) is 118 Å². The number of rotatable bonds is 13. The van der Waals surface area contributed by atoms with E-state index in [0.717, 1.165) is 27.6 Å². The van der Waals surface area contributed by atoms with E-state index in [-0.39, 0.29) is 30.2 Å². The van der Waals surface area contributed by atoms with Gasteiger partial charge in [-0.15, -0.1) is 13.2 Å². The Morgan fingerprint density at radius 3 is 2.49 bits per heavy atom. The van der Waals surface area contributed by atoms with Crippen LogP contribution in [-0.2, 0) is 29.2 Å². The van der Waals surface area contributed by atoms with Gasteiger partial charge < -0.3 is 25.2 Å². The van der Waals surface area contributed by atoms with E-state index >= 15 is 0 Å². The molecular formula is C40H38Cl2F3N5O5. The number of nitrogens with one attached hydrogen (secondary N) is 2. The molecule has 2 aliphatic rings. The summed E-state index contributed by atoms with van der Waals surface area (Å²) < 4.78 is 52.7. The van der Waals surface area contributed by atoms with Crippen LogP contribution in [0.1, 0.15) is 36.0 Å². The maximum atomic E-state index is 13.5. The highest BCUT2D eigenvalue weighted by Crippen LogP contribution is 2.41. The van der Waals surface area contributed by atoms with Gasteiger partial charge in [0.15, 0.2) is 0 Å². The number of benzene rings is 4. The molecule has 2 aliphatic heterocycles. The largest absolute Gasteiger partial charge is 0.573 e. The van der Waals surface area contributed by atoms with Crippen LogP contribution in [-0.4, -0.2) is 70.8 Å². The Morgan fingerprint density at radius 1 is 0.982 bits per heavy atom. The Balaban J connectivity index is 1.14. The van der Waals surface area contributed by atoms with Gasteiger partial charge in [-0.05, 0) is 60.3 Å². The minimum atomic E-state index is -4.91. The molecule has 3 N–H and O–H groups in total. The molecule has 3 heterocycles. The lowest BCUT2D eigenvalue weighted by molar-refractivity contribution is -0.274. The molecule has 288 valence electrons. The van der Waals surface area contributed by atoms with Crippen LogP contribution in [0.5, 0.6) is 11.5 Å². The second kappa shape index (κ2) is 16.1. The Labute approximate surface area is 325 Å². The molecule has 2 saturated heterocycles. The van der Waals surface area contributed by atoms with Crippen LogP contribution in [0.3, 0.4) is 0 Å². The number of likely N-dealkylation sites (tertiary alicyclic amines) is 1. The van der Waals surface area contributed by atoms with Gasteiger partial charge in [0, 0.05) is 71.3 Å². The third kappa shape index (κ3) is 8.70. The Kier molecular flexibility index (Phi) is 11.3. The number of carbonyl (C=O) groups excluding carboxylic acids is 1. The van der Waals surface area contributed by atoms with Crippen LogP contribution < -0.4 is 20.1 Å². The highest BCUT2D eigenvalue weighted by atomic mass is 35.5. The van der Waals surface area contributed by atoms with Gasteiger partial charge in [-0.25, -0.2) is 0 Å². The lowest BCUT2D eigenvalue weighted by Gasteiger charge is -2.19. The molecule has 0 aliphatic carbocycles. The molecule has 7 rings (SSSR count). The average molecular weight is 797 g/mol. The highest BCUT2D eigenvalue weighted by Gasteiger charge is 2.33. The summed E-state index contributed by atoms with van der Waals surface area (Å²) in [6.07, 6.45) is -1.47. The van der Waals surface area contributed by atoms with Crippen LogP contribution in [0.2, 0.25) is 10.0 Å². The first-order valence-electron chi connectivity index (χ1n) is 17.8. The molecule has 2 atom stereocenters. The quantitative estimate of drug-likeness (QED) is 0.110. The predicted molar refractivity (Wildman–Crippen MR) is 203 cm³/mol. The zero-order chi connectivity index (χ0) is 38.9. The molecule has 2 fully saturated rings. The van der Waals surface area contributed by atoms with Gasteiger partial charge in [0.1, 0.15) is 11.5 Å². The number of alkyl halides is 3. The van der Waals surface area contributed by atoms with Gasteiger partial charge in [0.05, 0.1) is 36.3 Å². The standard InChI is InChI=1S/C40H38Cl2F3N5O5/c1-54-35-16-26(33(41)14-27(35)21-49-13-12-25(20-49)39(52)53)22-50-34-7-3-5-30(32(34)19-47-50)31-6-2-4-29(38(31)42)23-8-9-24(36(15-23)55-40(43,44)45)17-46-18-28-10-11-37(51)48-28/h2-9,14-16,19,25,28,46H,10-13,17-18,20-22H2,1H3,(H,48,51)(H,52,53)/t25-,28+/m1/s1. The minimum absolute atomic E-state index is 0.0388. The number of hydrogen-bond donors (Lipinski definition) is 3. The SMILES string of the molecule is COc1cc(Cn2ncc3c(-c4cccc(-c5ccc(CNC[C@@H]6CCC(=O)N6)c(OC(F)(F)F)c5)c4Cl)cccc32)c(Cl)cc1CN1CC[C@@H](C(=O)O)C1. The van der Waals surface area contributed by atoms with Crippen molar-refractivity contribution >= 4 is 46.0 Å². The normalized spacial score (nSPS) is 17.5. The van der Waals surface area contributed by atoms with Crippen molar-refractivity contribution in [3.8, 4) is 33.8 Å². The van der Waals surface area contributed by atoms with Crippen LogP contribution in [0, 0.1) is 5.92 Å². The molecule has 0 radical (unpaired) electrons. The fourth-order valence-electron chi connectivity index (χ4n) is 7.38. The van der Waals surface area contributed by atoms with Gasteiger partial charge in [-0.3, -0.25) is 19.2 Å². The van der Waals surface area contributed by atoms with Crippen LogP contribution >= 0.6 is 23.2 Å². The van der Waals surface area contributed by atoms with Crippen molar-refractivity contribution in [3.63, 3.8) is 0 Å². The van der Waals surface area contributed by atoms with E-state index in [1.54, 1.807) is 37.6 Å². The number of nitrogens with zero attached hydrogens (tertiary/aromatic N) is 3. The maximum absolute atomic E-state index is 13.5. The minimum Gasteiger partial charge on any atom is -0.496 e. The van der Waals surface area contributed by atoms with Gasteiger partial charge in [0.25, 0.3) is 0 Å². The third-order valence-electron chi connectivity index (χ3n) is 10.2. The van der Waals surface area contributed by atoms with Crippen molar-refractivity contribution in [3.05, 3.63) is 99.7 Å². The number of carboxylic acid groups (broad SMARTS) is 1. The number of methoxy groups -OCH3 is 1. The number of ether oxygens (including phenoxy) is 2. The second-order valence-corrected chi connectivity index (χ2v) is 14.6. The summed E-state index contributed by atoms with van der Waals surface area (Å²) in [4.78, 5) is 25.1. The lowest BCUT2D eigenvalue weighted by Crippen LogP contribution is -2.35. The highest BCUT2D eigenvalue weighted by molar-refractivity contribution is 6.36. The molecule has 0 unspecified atom stereocenters. The average Bonchev–Trinajstić information content (AvgIpc) is 3.90. The summed E-state index contributed by atoms with van der Waals surface area (Å²) in [5.74, 6) is -0.913. The van der Waals surface area contributed by atoms with Crippen LogP contribution in [0.25, 0.3) is 33.2 Å². The van der Waals surface area contributed by atoms with Gasteiger partial charge in [-0.1, -0.05) is 65.7 Å². The number of amides is 1. The molecule has 0 saturated carbocycles. The summed E-state index contributed by atoms with van der Waals surface area (Å²) >= 11 is 13.9. The van der Waals surface area contributed by atoms with Crippen LogP contribution in [0.15, 0.2) is 72.9 Å². The van der Waals surface area contributed by atoms with E-state index in [2.05, 4.69) is 25.4 Å². The van der Waals surface area contributed by atoms with Crippen molar-refractivity contribution in [1.82, 2.24) is 25.3 Å². The number of aliphatic carboxylic acids is 1. The number of carbonyl (C=O) groups is 2. The summed E-state index contributed by atoms with van der Waals surface area (Å²) in [7, 11) is 1.59. The molecule has 1 amide bonds. The Hall–Kier alpha value is -4.82. The van der Waals surface area contributed by atoms with Gasteiger partial charge in [0.2, 0.25) is 5.91 Å². The monoisotopic (exact) mass is 795 g/mol. The first kappa shape index (κ1) is 38.5. The zero-order valence-corrected chi connectivity index (χ0v) is 31.3. The van der Waals surface area contributed by atoms with E-state index in [0.29, 0.717) is 90.0 Å². The summed E-state index contributed by atoms with van der Waals surface area (Å²) in [5, 5.41) is 21.7. The molecule has 15 heteroatoms. The fourth-order valence-corrected chi connectivity index (χ4v) is 7.96. The fraction of sp³-hybridized carbons (Fsp3) is 0.325. The lowest BCUT2D eigenvalue weighted by atomic mass is 9.96. The van der Waals surface area contributed by atoms with E-state index < -0.39 is 12.3 Å². The van der Waals surface area contributed by atoms with Crippen molar-refractivity contribution in [1.29, 1.82) is 0 Å². The molecule has 4 aromatic carbocycles. The van der Waals surface area contributed by atoms with Crippen molar-refractivity contribution in [2.75, 3.05) is 26.7 Å². The molecule has 0 spiro atoms. The summed E-state index contributed by atoms with van der Waals surface area (Å²) in [5.41, 5.74) is 5.18. The first-order chi connectivity index (χ1) is 26.4. The number of hydrogen-bond acceptors (Lipinski definition) is 7. The van der Waals surface area contributed by atoms with Crippen molar-refractivity contribution in [2.24, 2.45) is 5.92 Å². The number of aromatic nitrogens is 2. The molecule has 1 aromatic heterocycles. The first-order valence-corrected chi connectivity index (χ1v) is 18.6. The summed E-state index contributed by atoms with van der Waals surface area (Å²) in [6, 6.07) is 19.4. The molecule has 0 bridgehead atoms. The van der Waals surface area contributed by atoms with Crippen LogP contribution in [0.4, 0.5) is 13.2 Å². The van der Waals surface area contributed by atoms with Gasteiger partial charge >= 0.3 is 12.3 Å². The van der Waals surface area contributed by atoms with Gasteiger partial charge in [-0.2, -0.15) is 5.10 Å². The van der Waals surface area contributed by atoms with E-state index in [4.69, 9.17) is 27.9 Å². The number of fused-ring (bicyclic) bond motifs is 1. The molecule has 55 heavy (non-hydrogen) atoms. The Bertz CT molecular complexity index is 2250.